The van der Waals surface area contributed by atoms with E-state index in [2.05, 4.69) is 10.9 Å². The second-order valence-corrected chi connectivity index (χ2v) is 2.77. The van der Waals surface area contributed by atoms with Gasteiger partial charge in [0.05, 0.1) is 0 Å². The monoisotopic (exact) mass is 144 g/mol. The molecule has 0 aromatic carbocycles. The molecule has 0 aliphatic heterocycles. The van der Waals surface area contributed by atoms with Crippen LogP contribution in [0.15, 0.2) is 0 Å². The van der Waals surface area contributed by atoms with E-state index < -0.39 is 0 Å². The van der Waals surface area contributed by atoms with Gasteiger partial charge in [-0.25, -0.2) is 5.43 Å². The number of rotatable bonds is 3. The minimum atomic E-state index is 0.0532. The molecule has 0 aromatic heterocycles. The molecule has 3 heteroatoms. The zero-order valence-electron chi connectivity index (χ0n) is 7.06. The Labute approximate surface area is 62.2 Å². The van der Waals surface area contributed by atoms with E-state index in [-0.39, 0.29) is 11.8 Å². The maximum Gasteiger partial charge on any atom is 0.237 e. The number of amides is 1. The van der Waals surface area contributed by atoms with Crippen LogP contribution in [0.25, 0.3) is 0 Å². The first-order valence-electron chi connectivity index (χ1n) is 3.56. The van der Waals surface area contributed by atoms with E-state index in [9.17, 15) is 4.79 Å². The van der Waals surface area contributed by atoms with E-state index in [0.29, 0.717) is 5.92 Å². The highest BCUT2D eigenvalue weighted by Gasteiger charge is 2.14. The largest absolute Gasteiger partial charge is 0.292 e. The molecular formula is C7H16N2O. The Kier molecular flexibility index (Phi) is 4.03. The third kappa shape index (κ3) is 2.82. The van der Waals surface area contributed by atoms with E-state index in [1.54, 1.807) is 7.05 Å². The molecule has 1 amide bonds. The maximum atomic E-state index is 11.0. The van der Waals surface area contributed by atoms with Crippen LogP contribution < -0.4 is 10.9 Å². The van der Waals surface area contributed by atoms with Crippen molar-refractivity contribution < 1.29 is 4.79 Å². The number of hydrogen-bond acceptors (Lipinski definition) is 2. The number of hydrazine groups is 1. The molecule has 0 saturated heterocycles. The SMILES string of the molecule is CNNC(=O)[C@H](C)C(C)C. The van der Waals surface area contributed by atoms with Gasteiger partial charge in [0.1, 0.15) is 0 Å². The lowest BCUT2D eigenvalue weighted by molar-refractivity contribution is -0.126. The molecule has 0 unspecified atom stereocenters. The summed E-state index contributed by atoms with van der Waals surface area (Å²) in [5.74, 6) is 0.526. The van der Waals surface area contributed by atoms with Crippen molar-refractivity contribution in [3.8, 4) is 0 Å². The Balaban J connectivity index is 3.71. The fourth-order valence-electron chi connectivity index (χ4n) is 0.540. The Morgan fingerprint density at radius 1 is 1.30 bits per heavy atom. The van der Waals surface area contributed by atoms with Crippen molar-refractivity contribution in [3.63, 3.8) is 0 Å². The van der Waals surface area contributed by atoms with Crippen LogP contribution in [0, 0.1) is 11.8 Å². The van der Waals surface area contributed by atoms with Crippen molar-refractivity contribution in [3.05, 3.63) is 0 Å². The topological polar surface area (TPSA) is 41.1 Å². The standard InChI is InChI=1S/C7H16N2O/c1-5(2)6(3)7(10)9-8-4/h5-6,8H,1-4H3,(H,9,10)/t6-/m1/s1. The molecule has 60 valence electrons. The zero-order chi connectivity index (χ0) is 8.15. The molecule has 0 spiro atoms. The molecule has 0 bridgehead atoms. The first-order chi connectivity index (χ1) is 4.59. The molecule has 2 N–H and O–H groups in total. The van der Waals surface area contributed by atoms with E-state index in [1.165, 1.54) is 0 Å². The average molecular weight is 144 g/mol. The first-order valence-corrected chi connectivity index (χ1v) is 3.56. The minimum Gasteiger partial charge on any atom is -0.292 e. The molecule has 0 radical (unpaired) electrons. The normalized spacial score (nSPS) is 13.3. The third-order valence-electron chi connectivity index (χ3n) is 1.66. The van der Waals surface area contributed by atoms with Crippen molar-refractivity contribution in [1.82, 2.24) is 10.9 Å². The van der Waals surface area contributed by atoms with E-state index >= 15 is 0 Å². The second-order valence-electron chi connectivity index (χ2n) is 2.77. The number of carbonyl (C=O) groups is 1. The van der Waals surface area contributed by atoms with Gasteiger partial charge in [0.25, 0.3) is 0 Å². The summed E-state index contributed by atoms with van der Waals surface area (Å²) < 4.78 is 0. The third-order valence-corrected chi connectivity index (χ3v) is 1.66. The molecule has 0 fully saturated rings. The quantitative estimate of drug-likeness (QED) is 0.567. The number of nitrogens with one attached hydrogen (secondary N) is 2. The highest BCUT2D eigenvalue weighted by Crippen LogP contribution is 2.08. The van der Waals surface area contributed by atoms with E-state index in [0.717, 1.165) is 0 Å². The zero-order valence-corrected chi connectivity index (χ0v) is 7.06. The Hall–Kier alpha value is -0.570. The van der Waals surface area contributed by atoms with Crippen LogP contribution in [0.2, 0.25) is 0 Å². The molecule has 0 saturated carbocycles. The molecule has 3 nitrogen and oxygen atoms in total. The fraction of sp³-hybridized carbons (Fsp3) is 0.857. The van der Waals surface area contributed by atoms with Gasteiger partial charge in [0.15, 0.2) is 0 Å². The number of hydrogen-bond donors (Lipinski definition) is 2. The molecule has 0 aromatic rings. The van der Waals surface area contributed by atoms with Gasteiger partial charge in [-0.2, -0.15) is 0 Å². The van der Waals surface area contributed by atoms with E-state index in [1.807, 2.05) is 20.8 Å². The highest BCUT2D eigenvalue weighted by molar-refractivity contribution is 5.77. The van der Waals surface area contributed by atoms with Gasteiger partial charge in [-0.1, -0.05) is 20.8 Å². The van der Waals surface area contributed by atoms with Gasteiger partial charge >= 0.3 is 0 Å². The van der Waals surface area contributed by atoms with Crippen molar-refractivity contribution in [2.45, 2.75) is 20.8 Å². The summed E-state index contributed by atoms with van der Waals surface area (Å²) in [4.78, 5) is 11.0. The van der Waals surface area contributed by atoms with Crippen LogP contribution in [0.1, 0.15) is 20.8 Å². The van der Waals surface area contributed by atoms with E-state index in [4.69, 9.17) is 0 Å². The van der Waals surface area contributed by atoms with Gasteiger partial charge in [-0.05, 0) is 5.92 Å². The maximum absolute atomic E-state index is 11.0. The molecule has 10 heavy (non-hydrogen) atoms. The van der Waals surface area contributed by atoms with Crippen LogP contribution in [0.4, 0.5) is 0 Å². The van der Waals surface area contributed by atoms with Gasteiger partial charge in [0, 0.05) is 13.0 Å². The predicted octanol–water partition coefficient (Wildman–Crippen LogP) is 0.529. The summed E-state index contributed by atoms with van der Waals surface area (Å²) in [6.07, 6.45) is 0. The van der Waals surface area contributed by atoms with Gasteiger partial charge in [-0.15, -0.1) is 0 Å². The Morgan fingerprint density at radius 2 is 1.80 bits per heavy atom. The average Bonchev–Trinajstić information content (AvgIpc) is 1.87. The summed E-state index contributed by atoms with van der Waals surface area (Å²) in [5, 5.41) is 0. The highest BCUT2D eigenvalue weighted by atomic mass is 16.2. The van der Waals surface area contributed by atoms with Crippen molar-refractivity contribution in [1.29, 1.82) is 0 Å². The Bertz CT molecular complexity index is 112. The van der Waals surface area contributed by atoms with Crippen LogP contribution in [-0.2, 0) is 4.79 Å². The van der Waals surface area contributed by atoms with Crippen molar-refractivity contribution in [2.75, 3.05) is 7.05 Å². The van der Waals surface area contributed by atoms with Crippen molar-refractivity contribution >= 4 is 5.91 Å². The molecular weight excluding hydrogens is 128 g/mol. The molecule has 0 rings (SSSR count). The summed E-state index contributed by atoms with van der Waals surface area (Å²) in [5.41, 5.74) is 5.14. The lowest BCUT2D eigenvalue weighted by atomic mass is 9.98. The van der Waals surface area contributed by atoms with Crippen LogP contribution >= 0.6 is 0 Å². The van der Waals surface area contributed by atoms with Crippen LogP contribution in [0.3, 0.4) is 0 Å². The predicted molar refractivity (Wildman–Crippen MR) is 41.2 cm³/mol. The van der Waals surface area contributed by atoms with Crippen LogP contribution in [0.5, 0.6) is 0 Å². The first kappa shape index (κ1) is 9.43. The van der Waals surface area contributed by atoms with Gasteiger partial charge in [0.2, 0.25) is 5.91 Å². The lowest BCUT2D eigenvalue weighted by Gasteiger charge is -2.13. The number of carbonyl (C=O) groups excluding carboxylic acids is 1. The summed E-state index contributed by atoms with van der Waals surface area (Å²) in [6.45, 7) is 5.97. The van der Waals surface area contributed by atoms with Crippen LogP contribution in [-0.4, -0.2) is 13.0 Å². The fourth-order valence-corrected chi connectivity index (χ4v) is 0.540. The molecule has 0 aliphatic rings. The minimum absolute atomic E-state index is 0.0532. The Morgan fingerprint density at radius 3 is 2.10 bits per heavy atom. The molecule has 1 atom stereocenters. The smallest absolute Gasteiger partial charge is 0.237 e. The van der Waals surface area contributed by atoms with Crippen molar-refractivity contribution in [2.24, 2.45) is 11.8 Å². The summed E-state index contributed by atoms with van der Waals surface area (Å²) in [7, 11) is 1.69. The second kappa shape index (κ2) is 4.28. The molecule has 0 aliphatic carbocycles. The van der Waals surface area contributed by atoms with Gasteiger partial charge < -0.3 is 0 Å². The lowest BCUT2D eigenvalue weighted by Crippen LogP contribution is -2.39. The summed E-state index contributed by atoms with van der Waals surface area (Å²) in [6, 6.07) is 0. The summed E-state index contributed by atoms with van der Waals surface area (Å²) >= 11 is 0. The van der Waals surface area contributed by atoms with Gasteiger partial charge in [-0.3, -0.25) is 10.2 Å². The molecule has 0 heterocycles.